The summed E-state index contributed by atoms with van der Waals surface area (Å²) in [5.74, 6) is -0.984. The summed E-state index contributed by atoms with van der Waals surface area (Å²) in [5, 5.41) is 2.94. The van der Waals surface area contributed by atoms with E-state index in [2.05, 4.69) is 10.3 Å². The van der Waals surface area contributed by atoms with Crippen LogP contribution in [0.15, 0.2) is 47.2 Å². The van der Waals surface area contributed by atoms with Gasteiger partial charge in [-0.2, -0.15) is 0 Å². The van der Waals surface area contributed by atoms with E-state index in [4.69, 9.17) is 9.15 Å². The molecule has 0 radical (unpaired) electrons. The molecule has 2 aromatic rings. The number of nitrogens with zero attached hydrogens (tertiary/aromatic N) is 1. The Morgan fingerprint density at radius 3 is 2.70 bits per heavy atom. The molecule has 1 fully saturated rings. The average Bonchev–Trinajstić information content (AvgIpc) is 3.26. The third kappa shape index (κ3) is 3.77. The third-order valence-corrected chi connectivity index (χ3v) is 3.84. The predicted molar refractivity (Wildman–Crippen MR) is 81.5 cm³/mol. The highest BCUT2D eigenvalue weighted by molar-refractivity contribution is 5.90. The fourth-order valence-corrected chi connectivity index (χ4v) is 2.69. The Morgan fingerprint density at radius 2 is 2.04 bits per heavy atom. The van der Waals surface area contributed by atoms with Gasteiger partial charge in [-0.1, -0.05) is 18.9 Å². The molecule has 2 heterocycles. The van der Waals surface area contributed by atoms with Gasteiger partial charge in [-0.3, -0.25) is 9.78 Å². The zero-order chi connectivity index (χ0) is 16.1. The van der Waals surface area contributed by atoms with E-state index in [1.807, 2.05) is 0 Å². The van der Waals surface area contributed by atoms with Crippen molar-refractivity contribution in [2.45, 2.75) is 37.8 Å². The quantitative estimate of drug-likeness (QED) is 0.858. The maximum Gasteiger partial charge on any atom is 0.375 e. The second-order valence-corrected chi connectivity index (χ2v) is 5.51. The average molecular weight is 314 g/mol. The molecule has 0 bridgehead atoms. The lowest BCUT2D eigenvalue weighted by atomic mass is 10.2. The van der Waals surface area contributed by atoms with Crippen molar-refractivity contribution in [3.05, 3.63) is 54.2 Å². The van der Waals surface area contributed by atoms with Crippen LogP contribution in [0.2, 0.25) is 0 Å². The molecule has 3 rings (SSSR count). The first-order valence-electron chi connectivity index (χ1n) is 7.70. The molecule has 1 atom stereocenters. The van der Waals surface area contributed by atoms with Gasteiger partial charge in [-0.15, -0.1) is 0 Å². The van der Waals surface area contributed by atoms with Gasteiger partial charge in [-0.25, -0.2) is 4.79 Å². The molecule has 6 nitrogen and oxygen atoms in total. The topological polar surface area (TPSA) is 81.4 Å². The van der Waals surface area contributed by atoms with Gasteiger partial charge in [0.1, 0.15) is 0 Å². The minimum atomic E-state index is -1.09. The van der Waals surface area contributed by atoms with Crippen LogP contribution in [0, 0.1) is 0 Å². The van der Waals surface area contributed by atoms with Gasteiger partial charge in [0, 0.05) is 12.2 Å². The molecule has 0 unspecified atom stereocenters. The highest BCUT2D eigenvalue weighted by atomic mass is 16.6. The Labute approximate surface area is 133 Å². The summed E-state index contributed by atoms with van der Waals surface area (Å²) in [7, 11) is 0. The van der Waals surface area contributed by atoms with Crippen LogP contribution in [-0.2, 0) is 9.53 Å². The third-order valence-electron chi connectivity index (χ3n) is 3.84. The molecule has 120 valence electrons. The second kappa shape index (κ2) is 7.09. The lowest BCUT2D eigenvalue weighted by Gasteiger charge is -2.19. The number of esters is 1. The summed E-state index contributed by atoms with van der Waals surface area (Å²) >= 11 is 0. The number of amides is 1. The van der Waals surface area contributed by atoms with Gasteiger partial charge in [0.05, 0.1) is 12.0 Å². The number of furan rings is 1. The van der Waals surface area contributed by atoms with Crippen LogP contribution in [0.3, 0.4) is 0 Å². The minimum absolute atomic E-state index is 0.0552. The van der Waals surface area contributed by atoms with E-state index in [9.17, 15) is 9.59 Å². The number of rotatable bonds is 5. The van der Waals surface area contributed by atoms with E-state index in [1.165, 1.54) is 12.3 Å². The molecular formula is C17H18N2O4. The van der Waals surface area contributed by atoms with E-state index in [0.29, 0.717) is 5.69 Å². The van der Waals surface area contributed by atoms with Crippen LogP contribution >= 0.6 is 0 Å². The maximum atomic E-state index is 12.5. The zero-order valence-corrected chi connectivity index (χ0v) is 12.6. The number of aromatic nitrogens is 1. The van der Waals surface area contributed by atoms with Crippen molar-refractivity contribution in [2.24, 2.45) is 0 Å². The van der Waals surface area contributed by atoms with Gasteiger partial charge in [0.15, 0.2) is 0 Å². The van der Waals surface area contributed by atoms with Gasteiger partial charge in [-0.05, 0) is 37.1 Å². The Balaban J connectivity index is 1.76. The molecule has 1 aliphatic rings. The molecule has 1 amide bonds. The summed E-state index contributed by atoms with van der Waals surface area (Å²) < 4.78 is 10.4. The molecule has 1 saturated carbocycles. The number of ether oxygens (including phenoxy) is 1. The molecule has 6 heteroatoms. The summed E-state index contributed by atoms with van der Waals surface area (Å²) in [6.45, 7) is 0. The van der Waals surface area contributed by atoms with E-state index in [0.717, 1.165) is 25.7 Å². The summed E-state index contributed by atoms with van der Waals surface area (Å²) in [5.41, 5.74) is 0.392. The molecule has 2 aromatic heterocycles. The van der Waals surface area contributed by atoms with Crippen LogP contribution in [0.25, 0.3) is 0 Å². The number of pyridine rings is 1. The number of carbonyl (C=O) groups excluding carboxylic acids is 2. The minimum Gasteiger partial charge on any atom is -0.457 e. The molecule has 0 saturated heterocycles. The first-order chi connectivity index (χ1) is 11.2. The van der Waals surface area contributed by atoms with Crippen LogP contribution in [-0.4, -0.2) is 22.9 Å². The van der Waals surface area contributed by atoms with E-state index in [-0.39, 0.29) is 17.7 Å². The normalized spacial score (nSPS) is 16.0. The maximum absolute atomic E-state index is 12.5. The van der Waals surface area contributed by atoms with Gasteiger partial charge >= 0.3 is 5.97 Å². The van der Waals surface area contributed by atoms with Crippen molar-refractivity contribution in [1.29, 1.82) is 0 Å². The molecule has 0 aliphatic heterocycles. The lowest BCUT2D eigenvalue weighted by Crippen LogP contribution is -2.38. The fourth-order valence-electron chi connectivity index (χ4n) is 2.69. The Bertz CT molecular complexity index is 648. The Hall–Kier alpha value is -2.63. The zero-order valence-electron chi connectivity index (χ0n) is 12.6. The van der Waals surface area contributed by atoms with Crippen LogP contribution in [0.5, 0.6) is 0 Å². The van der Waals surface area contributed by atoms with E-state index in [1.54, 1.807) is 30.5 Å². The van der Waals surface area contributed by atoms with Gasteiger partial charge < -0.3 is 14.5 Å². The molecule has 1 aliphatic carbocycles. The van der Waals surface area contributed by atoms with Crippen molar-refractivity contribution < 1.29 is 18.7 Å². The summed E-state index contributed by atoms with van der Waals surface area (Å²) in [4.78, 5) is 28.8. The lowest BCUT2D eigenvalue weighted by molar-refractivity contribution is -0.131. The SMILES string of the molecule is O=C(O[C@H](C(=O)NC1CCCC1)c1ccccn1)c1ccco1. The number of nitrogens with one attached hydrogen (secondary N) is 1. The standard InChI is InChI=1S/C17H18N2O4/c20-16(19-12-6-1-2-7-12)15(13-8-3-4-10-18-13)23-17(21)14-9-5-11-22-14/h3-5,8-12,15H,1-2,6-7H2,(H,19,20)/t15-/m0/s1. The summed E-state index contributed by atoms with van der Waals surface area (Å²) in [6.07, 6.45) is 5.96. The molecular weight excluding hydrogens is 296 g/mol. The van der Waals surface area contributed by atoms with E-state index >= 15 is 0 Å². The monoisotopic (exact) mass is 314 g/mol. The van der Waals surface area contributed by atoms with Crippen LogP contribution < -0.4 is 5.32 Å². The molecule has 0 aromatic carbocycles. The van der Waals surface area contributed by atoms with Crippen LogP contribution in [0.1, 0.15) is 48.0 Å². The number of hydrogen-bond acceptors (Lipinski definition) is 5. The smallest absolute Gasteiger partial charge is 0.375 e. The number of hydrogen-bond donors (Lipinski definition) is 1. The summed E-state index contributed by atoms with van der Waals surface area (Å²) in [6, 6.07) is 8.37. The van der Waals surface area contributed by atoms with Crippen molar-refractivity contribution in [2.75, 3.05) is 0 Å². The molecule has 23 heavy (non-hydrogen) atoms. The van der Waals surface area contributed by atoms with Crippen LogP contribution in [0.4, 0.5) is 0 Å². The highest BCUT2D eigenvalue weighted by Gasteiger charge is 2.30. The highest BCUT2D eigenvalue weighted by Crippen LogP contribution is 2.22. The first kappa shape index (κ1) is 15.3. The fraction of sp³-hybridized carbons (Fsp3) is 0.353. The van der Waals surface area contributed by atoms with Crippen molar-refractivity contribution in [1.82, 2.24) is 10.3 Å². The number of carbonyl (C=O) groups is 2. The molecule has 0 spiro atoms. The van der Waals surface area contributed by atoms with Crippen molar-refractivity contribution >= 4 is 11.9 Å². The second-order valence-electron chi connectivity index (χ2n) is 5.51. The van der Waals surface area contributed by atoms with Crippen molar-refractivity contribution in [3.63, 3.8) is 0 Å². The van der Waals surface area contributed by atoms with Gasteiger partial charge in [0.25, 0.3) is 5.91 Å². The van der Waals surface area contributed by atoms with Crippen molar-refractivity contribution in [3.8, 4) is 0 Å². The predicted octanol–water partition coefficient (Wildman–Crippen LogP) is 2.63. The van der Waals surface area contributed by atoms with E-state index < -0.39 is 12.1 Å². The Kier molecular flexibility index (Phi) is 4.71. The van der Waals surface area contributed by atoms with Gasteiger partial charge in [0.2, 0.25) is 11.9 Å². The first-order valence-corrected chi connectivity index (χ1v) is 7.70. The largest absolute Gasteiger partial charge is 0.457 e. The Morgan fingerprint density at radius 1 is 1.22 bits per heavy atom. The molecule has 1 N–H and O–H groups in total.